The number of rotatable bonds is 4. The number of halogens is 2. The lowest BCUT2D eigenvalue weighted by Gasteiger charge is -2.10. The summed E-state index contributed by atoms with van der Waals surface area (Å²) in [6.45, 7) is 2.30. The number of ether oxygens (including phenoxy) is 1. The average Bonchev–Trinajstić information content (AvgIpc) is 2.94. The molecule has 3 aromatic rings. The summed E-state index contributed by atoms with van der Waals surface area (Å²) in [4.78, 5) is 12.1. The first kappa shape index (κ1) is 16.2. The molecule has 0 unspecified atom stereocenters. The predicted octanol–water partition coefficient (Wildman–Crippen LogP) is 3.67. The van der Waals surface area contributed by atoms with Crippen molar-refractivity contribution in [3.63, 3.8) is 0 Å². The van der Waals surface area contributed by atoms with Crippen molar-refractivity contribution >= 4 is 39.2 Å². The van der Waals surface area contributed by atoms with Crippen LogP contribution in [0.3, 0.4) is 0 Å². The molecule has 0 radical (unpaired) electrons. The van der Waals surface area contributed by atoms with Gasteiger partial charge >= 0.3 is 6.03 Å². The number of hydrogen-bond acceptors (Lipinski definition) is 4. The Hall–Kier alpha value is -2.68. The summed E-state index contributed by atoms with van der Waals surface area (Å²) in [6, 6.07) is 8.93. The molecule has 2 amide bonds. The highest BCUT2D eigenvalue weighted by atomic mass is 79.9. The Balaban J connectivity index is 1.83. The summed E-state index contributed by atoms with van der Waals surface area (Å²) in [7, 11) is 0. The van der Waals surface area contributed by atoms with E-state index < -0.39 is 11.8 Å². The van der Waals surface area contributed by atoms with Crippen LogP contribution in [0.1, 0.15) is 6.92 Å². The van der Waals surface area contributed by atoms with Crippen molar-refractivity contribution in [1.82, 2.24) is 14.6 Å². The number of hydrogen-bond donors (Lipinski definition) is 2. The van der Waals surface area contributed by atoms with Gasteiger partial charge in [0.05, 0.1) is 12.3 Å². The van der Waals surface area contributed by atoms with Gasteiger partial charge < -0.3 is 10.1 Å². The van der Waals surface area contributed by atoms with Crippen LogP contribution >= 0.6 is 15.9 Å². The number of carbonyl (C=O) groups excluding carboxylic acids is 1. The van der Waals surface area contributed by atoms with Gasteiger partial charge in [-0.1, -0.05) is 22.0 Å². The minimum absolute atomic E-state index is 0.0505. The largest absolute Gasteiger partial charge is 0.479 e. The third kappa shape index (κ3) is 3.30. The van der Waals surface area contributed by atoms with Crippen molar-refractivity contribution in [3.05, 3.63) is 46.7 Å². The summed E-state index contributed by atoms with van der Waals surface area (Å²) in [6.07, 6.45) is 0. The number of fused-ring (bicyclic) bond motifs is 1. The number of anilines is 2. The Bertz CT molecular complexity index is 899. The number of pyridine rings is 1. The number of nitrogens with one attached hydrogen (secondary N) is 2. The first-order chi connectivity index (χ1) is 11.6. The van der Waals surface area contributed by atoms with E-state index in [0.717, 1.165) is 0 Å². The van der Waals surface area contributed by atoms with Crippen LogP contribution in [-0.4, -0.2) is 27.2 Å². The highest BCUT2D eigenvalue weighted by Gasteiger charge is 2.14. The van der Waals surface area contributed by atoms with Crippen LogP contribution in [0.2, 0.25) is 0 Å². The summed E-state index contributed by atoms with van der Waals surface area (Å²) < 4.78 is 21.4. The van der Waals surface area contributed by atoms with Crippen molar-refractivity contribution in [1.29, 1.82) is 0 Å². The van der Waals surface area contributed by atoms with Gasteiger partial charge in [0.1, 0.15) is 5.82 Å². The van der Waals surface area contributed by atoms with E-state index in [9.17, 15) is 9.18 Å². The third-order valence-corrected chi connectivity index (χ3v) is 3.58. The van der Waals surface area contributed by atoms with Crippen LogP contribution in [0.25, 0.3) is 5.65 Å². The van der Waals surface area contributed by atoms with E-state index in [0.29, 0.717) is 22.6 Å². The molecule has 3 rings (SSSR count). The van der Waals surface area contributed by atoms with E-state index in [-0.39, 0.29) is 11.6 Å². The molecule has 0 atom stereocenters. The van der Waals surface area contributed by atoms with Crippen LogP contribution in [-0.2, 0) is 0 Å². The van der Waals surface area contributed by atoms with Crippen molar-refractivity contribution in [2.75, 3.05) is 17.2 Å². The van der Waals surface area contributed by atoms with Crippen molar-refractivity contribution in [3.8, 4) is 5.88 Å². The Morgan fingerprint density at radius 3 is 2.88 bits per heavy atom. The average molecular weight is 394 g/mol. The van der Waals surface area contributed by atoms with E-state index in [4.69, 9.17) is 4.74 Å². The molecule has 1 aromatic carbocycles. The summed E-state index contributed by atoms with van der Waals surface area (Å²) in [5.41, 5.74) is 0.570. The maximum Gasteiger partial charge on any atom is 0.326 e. The Kier molecular flexibility index (Phi) is 4.61. The predicted molar refractivity (Wildman–Crippen MR) is 90.9 cm³/mol. The van der Waals surface area contributed by atoms with Crippen molar-refractivity contribution in [2.45, 2.75) is 6.92 Å². The van der Waals surface area contributed by atoms with Gasteiger partial charge in [0.15, 0.2) is 5.65 Å². The zero-order valence-electron chi connectivity index (χ0n) is 12.6. The minimum atomic E-state index is -0.642. The molecular weight excluding hydrogens is 381 g/mol. The van der Waals surface area contributed by atoms with E-state index in [2.05, 4.69) is 36.8 Å². The Morgan fingerprint density at radius 1 is 1.29 bits per heavy atom. The van der Waals surface area contributed by atoms with Crippen LogP contribution in [0, 0.1) is 5.82 Å². The molecule has 0 fully saturated rings. The van der Waals surface area contributed by atoms with Gasteiger partial charge in [-0.05, 0) is 37.3 Å². The number of nitrogens with zero attached hydrogens (tertiary/aromatic N) is 3. The summed E-state index contributed by atoms with van der Waals surface area (Å²) >= 11 is 3.16. The van der Waals surface area contributed by atoms with Crippen LogP contribution in [0.4, 0.5) is 20.8 Å². The summed E-state index contributed by atoms with van der Waals surface area (Å²) in [5, 5.41) is 12.8. The van der Waals surface area contributed by atoms with Crippen molar-refractivity contribution in [2.24, 2.45) is 0 Å². The van der Waals surface area contributed by atoms with E-state index >= 15 is 0 Å². The molecule has 0 spiro atoms. The quantitative estimate of drug-likeness (QED) is 0.708. The van der Waals surface area contributed by atoms with Gasteiger partial charge in [-0.2, -0.15) is 0 Å². The fourth-order valence-electron chi connectivity index (χ4n) is 2.10. The van der Waals surface area contributed by atoms with Gasteiger partial charge in [0, 0.05) is 4.47 Å². The molecule has 0 aliphatic carbocycles. The molecule has 2 N–H and O–H groups in total. The molecule has 0 bridgehead atoms. The number of urea groups is 1. The first-order valence-electron chi connectivity index (χ1n) is 7.08. The van der Waals surface area contributed by atoms with Gasteiger partial charge in [-0.25, -0.2) is 13.6 Å². The van der Waals surface area contributed by atoms with E-state index in [1.807, 2.05) is 6.92 Å². The maximum absolute atomic E-state index is 13.8. The van der Waals surface area contributed by atoms with E-state index in [1.165, 1.54) is 12.1 Å². The Labute approximate surface area is 145 Å². The highest BCUT2D eigenvalue weighted by Crippen LogP contribution is 2.21. The standard InChI is InChI=1S/C15H13BrFN5O2/c1-2-24-13-5-3-4-12-20-21-14(22(12)13)19-15(23)18-11-7-6-9(16)8-10(11)17/h3-8H,2H2,1H3,(H2,18,19,21,23). The smallest absolute Gasteiger partial charge is 0.326 e. The second-order valence-corrected chi connectivity index (χ2v) is 5.63. The monoisotopic (exact) mass is 393 g/mol. The summed E-state index contributed by atoms with van der Waals surface area (Å²) in [5.74, 6) is 0.106. The lowest BCUT2D eigenvalue weighted by Crippen LogP contribution is -2.21. The molecule has 9 heteroatoms. The van der Waals surface area contributed by atoms with Gasteiger partial charge in [-0.3, -0.25) is 5.32 Å². The zero-order chi connectivity index (χ0) is 17.1. The van der Waals surface area contributed by atoms with Gasteiger partial charge in [-0.15, -0.1) is 10.2 Å². The maximum atomic E-state index is 13.8. The minimum Gasteiger partial charge on any atom is -0.479 e. The van der Waals surface area contributed by atoms with Crippen LogP contribution in [0.5, 0.6) is 5.88 Å². The molecule has 0 aliphatic rings. The topological polar surface area (TPSA) is 80.6 Å². The molecule has 0 saturated carbocycles. The molecular formula is C15H13BrFN5O2. The second kappa shape index (κ2) is 6.83. The molecule has 7 nitrogen and oxygen atoms in total. The fraction of sp³-hybridized carbons (Fsp3) is 0.133. The molecule has 0 aliphatic heterocycles. The lowest BCUT2D eigenvalue weighted by atomic mass is 10.3. The number of carbonyl (C=O) groups is 1. The number of amides is 2. The first-order valence-corrected chi connectivity index (χ1v) is 7.88. The van der Waals surface area contributed by atoms with Crippen molar-refractivity contribution < 1.29 is 13.9 Å². The zero-order valence-corrected chi connectivity index (χ0v) is 14.2. The highest BCUT2D eigenvalue weighted by molar-refractivity contribution is 9.10. The molecule has 124 valence electrons. The molecule has 2 aromatic heterocycles. The SMILES string of the molecule is CCOc1cccc2nnc(NC(=O)Nc3ccc(Br)cc3F)n12. The molecule has 24 heavy (non-hydrogen) atoms. The Morgan fingerprint density at radius 2 is 2.12 bits per heavy atom. The fourth-order valence-corrected chi connectivity index (χ4v) is 2.43. The van der Waals surface area contributed by atoms with Gasteiger partial charge in [0.25, 0.3) is 0 Å². The molecule has 2 heterocycles. The third-order valence-electron chi connectivity index (χ3n) is 3.09. The second-order valence-electron chi connectivity index (χ2n) is 4.72. The van der Waals surface area contributed by atoms with Gasteiger partial charge in [0.2, 0.25) is 11.8 Å². The molecule has 0 saturated heterocycles. The van der Waals surface area contributed by atoms with Crippen LogP contribution in [0.15, 0.2) is 40.9 Å². The number of aromatic nitrogens is 3. The number of benzene rings is 1. The van der Waals surface area contributed by atoms with Crippen LogP contribution < -0.4 is 15.4 Å². The lowest BCUT2D eigenvalue weighted by molar-refractivity contribution is 0.262. The normalized spacial score (nSPS) is 10.6. The van der Waals surface area contributed by atoms with E-state index in [1.54, 1.807) is 28.7 Å².